The highest BCUT2D eigenvalue weighted by Gasteiger charge is 2.64. The first-order valence-corrected chi connectivity index (χ1v) is 15.4. The van der Waals surface area contributed by atoms with Crippen LogP contribution in [0.15, 0.2) is 5.11 Å². The van der Waals surface area contributed by atoms with Crippen molar-refractivity contribution in [3.8, 4) is 0 Å². The quantitative estimate of drug-likeness (QED) is 0.128. The molecule has 0 aromatic heterocycles. The molecule has 0 bridgehead atoms. The first-order valence-electron chi connectivity index (χ1n) is 15.4. The summed E-state index contributed by atoms with van der Waals surface area (Å²) in [6, 6.07) is 0.238. The van der Waals surface area contributed by atoms with Gasteiger partial charge in [-0.05, 0) is 32.1 Å². The molecule has 0 aromatic rings. The Morgan fingerprint density at radius 2 is 1.15 bits per heavy atom. The standard InChI is InChI=1S/C30H59N3O/c1-3-5-7-9-11-13-14-16-18-20-24-29(23-19-17-15-12-10-8-6-4-2)26-34-30(29)25-27(31)21-22-28(30)33-32/h27-28,32H,3-26,31H2,1-2H3. The van der Waals surface area contributed by atoms with Gasteiger partial charge in [0, 0.05) is 11.5 Å². The maximum Gasteiger partial charge on any atom is 0.102 e. The van der Waals surface area contributed by atoms with Crippen LogP contribution in [0.2, 0.25) is 0 Å². The molecule has 200 valence electrons. The number of unbranched alkanes of at least 4 members (excludes halogenated alkanes) is 16. The van der Waals surface area contributed by atoms with Crippen LogP contribution in [-0.4, -0.2) is 24.3 Å². The fourth-order valence-corrected chi connectivity index (χ4v) is 6.83. The molecule has 0 amide bonds. The zero-order valence-corrected chi connectivity index (χ0v) is 23.1. The van der Waals surface area contributed by atoms with Gasteiger partial charge in [-0.15, -0.1) is 0 Å². The van der Waals surface area contributed by atoms with Crippen LogP contribution in [0.5, 0.6) is 0 Å². The summed E-state index contributed by atoms with van der Waals surface area (Å²) in [6.45, 7) is 5.46. The van der Waals surface area contributed by atoms with Gasteiger partial charge in [0.25, 0.3) is 0 Å². The van der Waals surface area contributed by atoms with Gasteiger partial charge in [0.1, 0.15) is 11.6 Å². The van der Waals surface area contributed by atoms with E-state index in [9.17, 15) is 0 Å². The summed E-state index contributed by atoms with van der Waals surface area (Å²) in [5.74, 6) is 0. The molecular formula is C30H59N3O. The van der Waals surface area contributed by atoms with E-state index >= 15 is 0 Å². The summed E-state index contributed by atoms with van der Waals surface area (Å²) in [6.07, 6.45) is 30.1. The molecule has 3 N–H and O–H groups in total. The second-order valence-electron chi connectivity index (χ2n) is 11.8. The molecule has 4 atom stereocenters. The summed E-state index contributed by atoms with van der Waals surface area (Å²) in [5.41, 5.74) is 14.3. The van der Waals surface area contributed by atoms with Crippen LogP contribution in [0.3, 0.4) is 0 Å². The van der Waals surface area contributed by atoms with Crippen molar-refractivity contribution in [2.24, 2.45) is 16.3 Å². The average Bonchev–Trinajstić information content (AvgIpc) is 2.84. The number of nitrogens with two attached hydrogens (primary N) is 1. The Morgan fingerprint density at radius 3 is 1.53 bits per heavy atom. The van der Waals surface area contributed by atoms with E-state index in [4.69, 9.17) is 16.0 Å². The van der Waals surface area contributed by atoms with Gasteiger partial charge in [-0.1, -0.05) is 129 Å². The minimum atomic E-state index is -0.243. The monoisotopic (exact) mass is 477 g/mol. The maximum absolute atomic E-state index is 7.91. The van der Waals surface area contributed by atoms with Crippen molar-refractivity contribution in [1.82, 2.24) is 0 Å². The number of hydrogen-bond acceptors (Lipinski definition) is 4. The van der Waals surface area contributed by atoms with Crippen LogP contribution in [-0.2, 0) is 4.74 Å². The molecule has 1 aliphatic carbocycles. The summed E-state index contributed by atoms with van der Waals surface area (Å²) >= 11 is 0. The van der Waals surface area contributed by atoms with E-state index < -0.39 is 0 Å². The molecule has 4 heteroatoms. The zero-order valence-electron chi connectivity index (χ0n) is 23.1. The average molecular weight is 478 g/mol. The molecule has 2 aliphatic rings. The maximum atomic E-state index is 7.91. The highest BCUT2D eigenvalue weighted by Crippen LogP contribution is 2.59. The van der Waals surface area contributed by atoms with E-state index in [0.717, 1.165) is 25.9 Å². The lowest BCUT2D eigenvalue weighted by atomic mass is 9.55. The number of nitrogens with one attached hydrogen (secondary N) is 1. The summed E-state index contributed by atoms with van der Waals surface area (Å²) < 4.78 is 6.42. The van der Waals surface area contributed by atoms with Gasteiger partial charge in [-0.2, -0.15) is 5.11 Å². The van der Waals surface area contributed by atoms with Crippen molar-refractivity contribution in [3.05, 3.63) is 0 Å². The van der Waals surface area contributed by atoms with Gasteiger partial charge < -0.3 is 10.5 Å². The third kappa shape index (κ3) is 8.87. The van der Waals surface area contributed by atoms with Crippen molar-refractivity contribution in [2.75, 3.05) is 6.61 Å². The third-order valence-electron chi connectivity index (χ3n) is 9.09. The van der Waals surface area contributed by atoms with Gasteiger partial charge in [-0.25, -0.2) is 5.53 Å². The number of rotatable bonds is 21. The lowest BCUT2D eigenvalue weighted by molar-refractivity contribution is -0.296. The summed E-state index contributed by atoms with van der Waals surface area (Å²) in [4.78, 5) is 0. The minimum absolute atomic E-state index is 0.0261. The molecule has 0 radical (unpaired) electrons. The van der Waals surface area contributed by atoms with Gasteiger partial charge in [0.15, 0.2) is 0 Å². The fourth-order valence-electron chi connectivity index (χ4n) is 6.83. The van der Waals surface area contributed by atoms with Crippen LogP contribution in [0.1, 0.15) is 162 Å². The Labute approximate surface area is 212 Å². The first-order chi connectivity index (χ1) is 16.6. The molecule has 4 unspecified atom stereocenters. The molecule has 1 saturated carbocycles. The van der Waals surface area contributed by atoms with E-state index in [0.29, 0.717) is 0 Å². The van der Waals surface area contributed by atoms with Crippen molar-refractivity contribution in [3.63, 3.8) is 0 Å². The minimum Gasteiger partial charge on any atom is -0.371 e. The van der Waals surface area contributed by atoms with Gasteiger partial charge in [-0.3, -0.25) is 0 Å². The Kier molecular flexibility index (Phi) is 14.9. The first kappa shape index (κ1) is 29.7. The smallest absolute Gasteiger partial charge is 0.102 e. The molecule has 4 nitrogen and oxygen atoms in total. The predicted molar refractivity (Wildman–Crippen MR) is 146 cm³/mol. The lowest BCUT2D eigenvalue weighted by Crippen LogP contribution is -2.71. The molecule has 0 aromatic carbocycles. The fraction of sp³-hybridized carbons (Fsp3) is 1.00. The molecule has 2 rings (SSSR count). The number of ether oxygens (including phenoxy) is 1. The number of hydrogen-bond donors (Lipinski definition) is 2. The van der Waals surface area contributed by atoms with Gasteiger partial charge in [0.05, 0.1) is 6.61 Å². The highest BCUT2D eigenvalue weighted by molar-refractivity contribution is 5.15. The molecule has 1 aliphatic heterocycles. The van der Waals surface area contributed by atoms with E-state index in [2.05, 4.69) is 19.0 Å². The Balaban J connectivity index is 1.79. The molecule has 1 spiro atoms. The van der Waals surface area contributed by atoms with Crippen LogP contribution < -0.4 is 5.73 Å². The van der Waals surface area contributed by atoms with Crippen molar-refractivity contribution in [2.45, 2.75) is 179 Å². The topological polar surface area (TPSA) is 71.5 Å². The molecule has 1 saturated heterocycles. The van der Waals surface area contributed by atoms with E-state index in [1.165, 1.54) is 128 Å². The van der Waals surface area contributed by atoms with Crippen LogP contribution in [0.4, 0.5) is 0 Å². The highest BCUT2D eigenvalue weighted by atomic mass is 16.5. The molecule has 1 heterocycles. The van der Waals surface area contributed by atoms with Crippen LogP contribution in [0.25, 0.3) is 0 Å². The Bertz CT molecular complexity index is 527. The molecule has 2 fully saturated rings. The Morgan fingerprint density at radius 1 is 0.706 bits per heavy atom. The van der Waals surface area contributed by atoms with E-state index in [1.54, 1.807) is 0 Å². The molecule has 34 heavy (non-hydrogen) atoms. The normalized spacial score (nSPS) is 28.8. The van der Waals surface area contributed by atoms with Crippen molar-refractivity contribution in [1.29, 1.82) is 5.53 Å². The molecular weight excluding hydrogens is 418 g/mol. The largest absolute Gasteiger partial charge is 0.371 e. The lowest BCUT2D eigenvalue weighted by Gasteiger charge is -2.64. The third-order valence-corrected chi connectivity index (χ3v) is 9.09. The summed E-state index contributed by atoms with van der Waals surface area (Å²) in [7, 11) is 0. The number of nitrogens with zero attached hydrogens (tertiary/aromatic N) is 1. The second kappa shape index (κ2) is 17.1. The van der Waals surface area contributed by atoms with Crippen molar-refractivity contribution < 1.29 is 4.74 Å². The zero-order chi connectivity index (χ0) is 24.5. The van der Waals surface area contributed by atoms with Crippen LogP contribution >= 0.6 is 0 Å². The van der Waals surface area contributed by atoms with Crippen molar-refractivity contribution >= 4 is 0 Å². The summed E-state index contributed by atoms with van der Waals surface area (Å²) in [5, 5.41) is 4.11. The predicted octanol–water partition coefficient (Wildman–Crippen LogP) is 9.49. The van der Waals surface area contributed by atoms with Gasteiger partial charge >= 0.3 is 0 Å². The van der Waals surface area contributed by atoms with Gasteiger partial charge in [0.2, 0.25) is 0 Å². The Hall–Kier alpha value is -0.480. The van der Waals surface area contributed by atoms with Crippen LogP contribution in [0, 0.1) is 10.9 Å². The SMILES string of the molecule is CCCCCCCCCCCCC1(CCCCCCCCCC)COC12CC(N)CCC2N=N. The van der Waals surface area contributed by atoms with E-state index in [1.807, 2.05) is 0 Å². The second-order valence-corrected chi connectivity index (χ2v) is 11.8. The van der Waals surface area contributed by atoms with E-state index in [-0.39, 0.29) is 23.1 Å².